The van der Waals surface area contributed by atoms with Gasteiger partial charge in [0.1, 0.15) is 0 Å². The van der Waals surface area contributed by atoms with E-state index in [4.69, 9.17) is 10.00 Å². The largest absolute Gasteiger partial charge is 0.378 e. The van der Waals surface area contributed by atoms with Crippen LogP contribution in [0.3, 0.4) is 0 Å². The molecular formula is C23H33NO. The number of hydrogen-bond donors (Lipinski definition) is 0. The summed E-state index contributed by atoms with van der Waals surface area (Å²) in [6.07, 6.45) is 15.8. The van der Waals surface area contributed by atoms with Crippen molar-refractivity contribution in [1.29, 1.82) is 5.26 Å². The third kappa shape index (κ3) is 2.71. The smallest absolute Gasteiger partial charge is 0.0691 e. The number of methoxy groups -OCH3 is 1. The third-order valence-electron chi connectivity index (χ3n) is 8.11. The van der Waals surface area contributed by atoms with Gasteiger partial charge in [-0.05, 0) is 99.0 Å². The van der Waals surface area contributed by atoms with Gasteiger partial charge in [-0.15, -0.1) is 0 Å². The summed E-state index contributed by atoms with van der Waals surface area (Å²) in [5.41, 5.74) is 6.23. The molecule has 5 unspecified atom stereocenters. The topological polar surface area (TPSA) is 33.0 Å². The SMILES string of the molecule is CCC#N.COC1(C)CCC2=C(CCC3C2=CCC24CC2CCC34)C1. The van der Waals surface area contributed by atoms with Gasteiger partial charge in [0.25, 0.3) is 0 Å². The molecule has 0 aromatic carbocycles. The zero-order valence-electron chi connectivity index (χ0n) is 16.2. The van der Waals surface area contributed by atoms with Crippen molar-refractivity contribution in [2.45, 2.75) is 83.7 Å². The minimum atomic E-state index is 0.108. The second-order valence-electron chi connectivity index (χ2n) is 9.25. The first-order valence-electron chi connectivity index (χ1n) is 10.4. The van der Waals surface area contributed by atoms with Crippen molar-refractivity contribution < 1.29 is 4.74 Å². The Balaban J connectivity index is 0.000000358. The summed E-state index contributed by atoms with van der Waals surface area (Å²) in [5, 5.41) is 7.62. The number of nitrogens with zero attached hydrogens (tertiary/aromatic N) is 1. The Labute approximate surface area is 153 Å². The van der Waals surface area contributed by atoms with Crippen molar-refractivity contribution in [2.75, 3.05) is 7.11 Å². The molecule has 2 heteroatoms. The molecule has 5 rings (SSSR count). The number of ether oxygens (including phenoxy) is 1. The number of nitriles is 1. The lowest BCUT2D eigenvalue weighted by Crippen LogP contribution is -2.36. The van der Waals surface area contributed by atoms with Gasteiger partial charge in [-0.3, -0.25) is 0 Å². The predicted molar refractivity (Wildman–Crippen MR) is 101 cm³/mol. The van der Waals surface area contributed by atoms with Gasteiger partial charge in [0.15, 0.2) is 0 Å². The van der Waals surface area contributed by atoms with Crippen LogP contribution >= 0.6 is 0 Å². The number of rotatable bonds is 1. The zero-order valence-corrected chi connectivity index (χ0v) is 16.2. The molecule has 136 valence electrons. The Bertz CT molecular complexity index is 653. The molecule has 0 radical (unpaired) electrons. The molecule has 0 saturated heterocycles. The maximum Gasteiger partial charge on any atom is 0.0691 e. The molecule has 0 amide bonds. The van der Waals surface area contributed by atoms with Gasteiger partial charge in [-0.1, -0.05) is 18.6 Å². The highest BCUT2D eigenvalue weighted by Gasteiger charge is 2.65. The first-order chi connectivity index (χ1) is 12.1. The first kappa shape index (κ1) is 17.3. The van der Waals surface area contributed by atoms with Gasteiger partial charge in [0, 0.05) is 13.5 Å². The van der Waals surface area contributed by atoms with Gasteiger partial charge in [0.05, 0.1) is 11.7 Å². The van der Waals surface area contributed by atoms with Gasteiger partial charge in [-0.25, -0.2) is 0 Å². The Morgan fingerprint density at radius 1 is 1.28 bits per heavy atom. The molecule has 0 aromatic rings. The third-order valence-corrected chi connectivity index (χ3v) is 8.11. The second-order valence-corrected chi connectivity index (χ2v) is 9.25. The molecule has 1 spiro atoms. The Hall–Kier alpha value is -1.07. The summed E-state index contributed by atoms with van der Waals surface area (Å²) in [7, 11) is 1.90. The molecule has 5 aliphatic rings. The van der Waals surface area contributed by atoms with Gasteiger partial charge >= 0.3 is 0 Å². The molecule has 5 atom stereocenters. The average molecular weight is 340 g/mol. The molecular weight excluding hydrogens is 306 g/mol. The average Bonchev–Trinajstić information content (AvgIpc) is 3.22. The quantitative estimate of drug-likeness (QED) is 0.591. The zero-order chi connectivity index (χ0) is 17.7. The Morgan fingerprint density at radius 3 is 2.76 bits per heavy atom. The van der Waals surface area contributed by atoms with Crippen LogP contribution in [-0.2, 0) is 4.74 Å². The summed E-state index contributed by atoms with van der Waals surface area (Å²) in [6.45, 7) is 4.12. The van der Waals surface area contributed by atoms with E-state index in [2.05, 4.69) is 13.0 Å². The van der Waals surface area contributed by atoms with E-state index < -0.39 is 0 Å². The Morgan fingerprint density at radius 2 is 2.08 bits per heavy atom. The molecule has 0 N–H and O–H groups in total. The van der Waals surface area contributed by atoms with E-state index in [1.807, 2.05) is 20.1 Å². The van der Waals surface area contributed by atoms with E-state index in [1.54, 1.807) is 23.1 Å². The summed E-state index contributed by atoms with van der Waals surface area (Å²) in [5.74, 6) is 3.09. The fraction of sp³-hybridized carbons (Fsp3) is 0.783. The van der Waals surface area contributed by atoms with Gasteiger partial charge in [-0.2, -0.15) is 5.26 Å². The van der Waals surface area contributed by atoms with Crippen molar-refractivity contribution in [3.05, 3.63) is 22.8 Å². The predicted octanol–water partition coefficient (Wildman–Crippen LogP) is 5.95. The van der Waals surface area contributed by atoms with Crippen molar-refractivity contribution in [2.24, 2.45) is 23.2 Å². The Kier molecular flexibility index (Phi) is 4.35. The van der Waals surface area contributed by atoms with Crippen LogP contribution in [0.4, 0.5) is 0 Å². The van der Waals surface area contributed by atoms with Gasteiger partial charge < -0.3 is 4.74 Å². The first-order valence-corrected chi connectivity index (χ1v) is 10.4. The molecule has 0 aliphatic heterocycles. The van der Waals surface area contributed by atoms with Crippen molar-refractivity contribution in [3.63, 3.8) is 0 Å². The van der Waals surface area contributed by atoms with Crippen LogP contribution in [-0.4, -0.2) is 12.7 Å². The van der Waals surface area contributed by atoms with Crippen LogP contribution < -0.4 is 0 Å². The van der Waals surface area contributed by atoms with Crippen LogP contribution in [0.5, 0.6) is 0 Å². The highest BCUT2D eigenvalue weighted by atomic mass is 16.5. The molecule has 2 nitrogen and oxygen atoms in total. The van der Waals surface area contributed by atoms with Crippen molar-refractivity contribution >= 4 is 0 Å². The van der Waals surface area contributed by atoms with Crippen LogP contribution in [0.1, 0.15) is 78.1 Å². The molecule has 5 aliphatic carbocycles. The lowest BCUT2D eigenvalue weighted by molar-refractivity contribution is -0.00658. The molecule has 0 aromatic heterocycles. The fourth-order valence-corrected chi connectivity index (χ4v) is 6.59. The maximum absolute atomic E-state index is 7.62. The van der Waals surface area contributed by atoms with Crippen LogP contribution in [0.25, 0.3) is 0 Å². The molecule has 2 saturated carbocycles. The summed E-state index contributed by atoms with van der Waals surface area (Å²) in [6, 6.07) is 1.93. The molecule has 0 heterocycles. The van der Waals surface area contributed by atoms with Crippen LogP contribution in [0.15, 0.2) is 22.8 Å². The lowest BCUT2D eigenvalue weighted by atomic mass is 9.61. The second kappa shape index (κ2) is 6.27. The molecule has 25 heavy (non-hydrogen) atoms. The molecule has 0 bridgehead atoms. The monoisotopic (exact) mass is 339 g/mol. The van der Waals surface area contributed by atoms with Gasteiger partial charge in [0.2, 0.25) is 0 Å². The molecule has 2 fully saturated rings. The van der Waals surface area contributed by atoms with E-state index in [0.29, 0.717) is 6.42 Å². The number of fused-ring (bicyclic) bond motifs is 3. The minimum absolute atomic E-state index is 0.108. The summed E-state index contributed by atoms with van der Waals surface area (Å²) < 4.78 is 5.80. The number of allylic oxidation sites excluding steroid dienone is 3. The fourth-order valence-electron chi connectivity index (χ4n) is 6.59. The maximum atomic E-state index is 7.62. The minimum Gasteiger partial charge on any atom is -0.378 e. The van der Waals surface area contributed by atoms with Crippen LogP contribution in [0.2, 0.25) is 0 Å². The lowest BCUT2D eigenvalue weighted by Gasteiger charge is -2.45. The highest BCUT2D eigenvalue weighted by molar-refractivity contribution is 5.45. The van der Waals surface area contributed by atoms with E-state index in [9.17, 15) is 0 Å². The van der Waals surface area contributed by atoms with E-state index in [1.165, 1.54) is 51.4 Å². The summed E-state index contributed by atoms with van der Waals surface area (Å²) >= 11 is 0. The standard InChI is InChI=1S/C20H28O.C3H5N/c1-19(21-2)9-7-15-13(11-19)3-5-17-16(15)8-10-20-12-14(20)4-6-18(17)20;1-2-3-4/h8,14,17-18H,3-7,9-12H2,1-2H3;2H2,1H3. The summed E-state index contributed by atoms with van der Waals surface area (Å²) in [4.78, 5) is 0. The highest BCUT2D eigenvalue weighted by Crippen LogP contribution is 2.73. The van der Waals surface area contributed by atoms with E-state index in [-0.39, 0.29) is 5.60 Å². The normalized spacial score (nSPS) is 43.4. The van der Waals surface area contributed by atoms with Crippen LogP contribution in [0, 0.1) is 34.5 Å². The van der Waals surface area contributed by atoms with Crippen molar-refractivity contribution in [1.82, 2.24) is 0 Å². The number of hydrogen-bond acceptors (Lipinski definition) is 2. The van der Waals surface area contributed by atoms with Crippen molar-refractivity contribution in [3.8, 4) is 6.07 Å². The van der Waals surface area contributed by atoms with E-state index >= 15 is 0 Å². The van der Waals surface area contributed by atoms with E-state index in [0.717, 1.165) is 23.2 Å².